The highest BCUT2D eigenvalue weighted by Crippen LogP contribution is 2.24. The van der Waals surface area contributed by atoms with Crippen LogP contribution in [0, 0.1) is 5.92 Å². The van der Waals surface area contributed by atoms with Gasteiger partial charge in [0.25, 0.3) is 0 Å². The van der Waals surface area contributed by atoms with E-state index in [9.17, 15) is 4.79 Å². The third-order valence-electron chi connectivity index (χ3n) is 3.02. The van der Waals surface area contributed by atoms with Crippen molar-refractivity contribution in [3.63, 3.8) is 0 Å². The summed E-state index contributed by atoms with van der Waals surface area (Å²) in [6.07, 6.45) is 0. The SMILES string of the molecule is CC1CN(c2ccc(CN)cc2)N(C)C1=O. The van der Waals surface area contributed by atoms with E-state index in [1.807, 2.05) is 43.2 Å². The smallest absolute Gasteiger partial charge is 0.245 e. The summed E-state index contributed by atoms with van der Waals surface area (Å²) in [4.78, 5) is 11.7. The number of benzene rings is 1. The highest BCUT2D eigenvalue weighted by molar-refractivity contribution is 5.83. The molecule has 1 atom stereocenters. The maximum absolute atomic E-state index is 11.7. The fourth-order valence-corrected chi connectivity index (χ4v) is 1.98. The van der Waals surface area contributed by atoms with Crippen LogP contribution in [0.4, 0.5) is 5.69 Å². The lowest BCUT2D eigenvalue weighted by Gasteiger charge is -2.26. The molecule has 0 spiro atoms. The molecular formula is C12H17N3O. The third-order valence-corrected chi connectivity index (χ3v) is 3.02. The molecule has 1 unspecified atom stereocenters. The zero-order valence-corrected chi connectivity index (χ0v) is 9.68. The molecule has 16 heavy (non-hydrogen) atoms. The summed E-state index contributed by atoms with van der Waals surface area (Å²) in [5.41, 5.74) is 7.69. The summed E-state index contributed by atoms with van der Waals surface area (Å²) in [5.74, 6) is 0.238. The Labute approximate surface area is 95.6 Å². The first-order valence-corrected chi connectivity index (χ1v) is 5.47. The van der Waals surface area contributed by atoms with Crippen molar-refractivity contribution < 1.29 is 4.79 Å². The number of hydrogen-bond acceptors (Lipinski definition) is 3. The van der Waals surface area contributed by atoms with Crippen molar-refractivity contribution in [1.29, 1.82) is 0 Å². The highest BCUT2D eigenvalue weighted by Gasteiger charge is 2.32. The summed E-state index contributed by atoms with van der Waals surface area (Å²) in [7, 11) is 1.81. The zero-order chi connectivity index (χ0) is 11.7. The number of rotatable bonds is 2. The number of nitrogens with two attached hydrogens (primary N) is 1. The monoisotopic (exact) mass is 219 g/mol. The van der Waals surface area contributed by atoms with E-state index in [1.54, 1.807) is 5.01 Å². The Bertz CT molecular complexity index is 388. The van der Waals surface area contributed by atoms with Crippen molar-refractivity contribution in [2.24, 2.45) is 11.7 Å². The Hall–Kier alpha value is -1.55. The van der Waals surface area contributed by atoms with Crippen molar-refractivity contribution in [2.75, 3.05) is 18.6 Å². The standard InChI is InChI=1S/C12H17N3O/c1-9-8-15(14(2)12(9)16)11-5-3-10(7-13)4-6-11/h3-6,9H,7-8,13H2,1-2H3. The highest BCUT2D eigenvalue weighted by atomic mass is 16.2. The van der Waals surface area contributed by atoms with Gasteiger partial charge in [-0.15, -0.1) is 0 Å². The van der Waals surface area contributed by atoms with Crippen molar-refractivity contribution in [3.05, 3.63) is 29.8 Å². The summed E-state index contributed by atoms with van der Waals surface area (Å²) < 4.78 is 0. The van der Waals surface area contributed by atoms with Gasteiger partial charge in [0.15, 0.2) is 0 Å². The van der Waals surface area contributed by atoms with Gasteiger partial charge in [0, 0.05) is 13.6 Å². The lowest BCUT2D eigenvalue weighted by atomic mass is 10.2. The van der Waals surface area contributed by atoms with E-state index in [0.717, 1.165) is 17.8 Å². The average Bonchev–Trinajstić information content (AvgIpc) is 2.57. The molecule has 1 fully saturated rings. The van der Waals surface area contributed by atoms with Crippen LogP contribution in [0.3, 0.4) is 0 Å². The second-order valence-corrected chi connectivity index (χ2v) is 4.22. The molecule has 1 aromatic rings. The van der Waals surface area contributed by atoms with E-state index < -0.39 is 0 Å². The van der Waals surface area contributed by atoms with E-state index in [-0.39, 0.29) is 11.8 Å². The first-order valence-electron chi connectivity index (χ1n) is 5.47. The van der Waals surface area contributed by atoms with Crippen LogP contribution < -0.4 is 10.7 Å². The second kappa shape index (κ2) is 4.14. The number of carbonyl (C=O) groups is 1. The summed E-state index contributed by atoms with van der Waals surface area (Å²) in [5, 5.41) is 3.68. The minimum Gasteiger partial charge on any atom is -0.326 e. The molecule has 0 saturated carbocycles. The molecule has 1 amide bonds. The number of nitrogens with zero attached hydrogens (tertiary/aromatic N) is 2. The van der Waals surface area contributed by atoms with E-state index in [1.165, 1.54) is 0 Å². The maximum atomic E-state index is 11.7. The topological polar surface area (TPSA) is 49.6 Å². The Kier molecular flexibility index (Phi) is 2.83. The van der Waals surface area contributed by atoms with Crippen LogP contribution in [0.2, 0.25) is 0 Å². The molecule has 0 radical (unpaired) electrons. The Morgan fingerprint density at radius 1 is 1.38 bits per heavy atom. The van der Waals surface area contributed by atoms with Gasteiger partial charge >= 0.3 is 0 Å². The van der Waals surface area contributed by atoms with E-state index in [4.69, 9.17) is 5.73 Å². The molecule has 1 aliphatic heterocycles. The average molecular weight is 219 g/mol. The largest absolute Gasteiger partial charge is 0.326 e. The van der Waals surface area contributed by atoms with E-state index in [2.05, 4.69) is 0 Å². The van der Waals surface area contributed by atoms with E-state index >= 15 is 0 Å². The van der Waals surface area contributed by atoms with Gasteiger partial charge in [0.2, 0.25) is 5.91 Å². The molecule has 0 aromatic heterocycles. The fraction of sp³-hybridized carbons (Fsp3) is 0.417. The maximum Gasteiger partial charge on any atom is 0.245 e. The zero-order valence-electron chi connectivity index (χ0n) is 9.68. The van der Waals surface area contributed by atoms with Gasteiger partial charge in [-0.1, -0.05) is 19.1 Å². The van der Waals surface area contributed by atoms with Gasteiger partial charge < -0.3 is 5.73 Å². The molecule has 0 aliphatic carbocycles. The van der Waals surface area contributed by atoms with Crippen molar-refractivity contribution in [3.8, 4) is 0 Å². The fourth-order valence-electron chi connectivity index (χ4n) is 1.98. The first kappa shape index (κ1) is 11.0. The number of hydrogen-bond donors (Lipinski definition) is 1. The molecule has 86 valence electrons. The van der Waals surface area contributed by atoms with Crippen LogP contribution in [0.15, 0.2) is 24.3 Å². The lowest BCUT2D eigenvalue weighted by Crippen LogP contribution is -2.35. The molecule has 4 nitrogen and oxygen atoms in total. The molecule has 2 rings (SSSR count). The van der Waals surface area contributed by atoms with Gasteiger partial charge in [0.05, 0.1) is 18.2 Å². The molecule has 2 N–H and O–H groups in total. The number of hydrazine groups is 1. The normalized spacial score (nSPS) is 20.7. The van der Waals surface area contributed by atoms with Crippen LogP contribution in [0.1, 0.15) is 12.5 Å². The first-order chi connectivity index (χ1) is 7.63. The predicted octanol–water partition coefficient (Wildman–Crippen LogP) is 0.975. The van der Waals surface area contributed by atoms with E-state index in [0.29, 0.717) is 6.54 Å². The predicted molar refractivity (Wildman–Crippen MR) is 63.6 cm³/mol. The molecule has 1 aliphatic rings. The van der Waals surface area contributed by atoms with Crippen LogP contribution in [-0.2, 0) is 11.3 Å². The number of anilines is 1. The van der Waals surface area contributed by atoms with Gasteiger partial charge in [-0.25, -0.2) is 0 Å². The quantitative estimate of drug-likeness (QED) is 0.806. The van der Waals surface area contributed by atoms with Crippen LogP contribution in [0.25, 0.3) is 0 Å². The van der Waals surface area contributed by atoms with Crippen LogP contribution >= 0.6 is 0 Å². The van der Waals surface area contributed by atoms with Gasteiger partial charge in [-0.05, 0) is 17.7 Å². The second-order valence-electron chi connectivity index (χ2n) is 4.22. The minimum absolute atomic E-state index is 0.0687. The summed E-state index contributed by atoms with van der Waals surface area (Å²) >= 11 is 0. The van der Waals surface area contributed by atoms with Crippen molar-refractivity contribution in [2.45, 2.75) is 13.5 Å². The van der Waals surface area contributed by atoms with Gasteiger partial charge in [-0.3, -0.25) is 14.8 Å². The summed E-state index contributed by atoms with van der Waals surface area (Å²) in [6, 6.07) is 8.00. The summed E-state index contributed by atoms with van der Waals surface area (Å²) in [6.45, 7) is 3.25. The molecule has 1 aromatic carbocycles. The lowest BCUT2D eigenvalue weighted by molar-refractivity contribution is -0.129. The van der Waals surface area contributed by atoms with Crippen LogP contribution in [0.5, 0.6) is 0 Å². The molecule has 4 heteroatoms. The molecule has 1 saturated heterocycles. The third kappa shape index (κ3) is 1.76. The molecule has 1 heterocycles. The Morgan fingerprint density at radius 3 is 2.44 bits per heavy atom. The van der Waals surface area contributed by atoms with Crippen molar-refractivity contribution >= 4 is 11.6 Å². The van der Waals surface area contributed by atoms with Crippen LogP contribution in [-0.4, -0.2) is 24.5 Å². The number of amides is 1. The number of carbonyl (C=O) groups excluding carboxylic acids is 1. The van der Waals surface area contributed by atoms with Gasteiger partial charge in [0.1, 0.15) is 0 Å². The van der Waals surface area contributed by atoms with Gasteiger partial charge in [-0.2, -0.15) is 0 Å². The Balaban J connectivity index is 2.21. The Morgan fingerprint density at radius 2 is 2.00 bits per heavy atom. The van der Waals surface area contributed by atoms with Crippen molar-refractivity contribution in [1.82, 2.24) is 5.01 Å². The molecule has 0 bridgehead atoms. The molecular weight excluding hydrogens is 202 g/mol. The minimum atomic E-state index is 0.0687.